The Balaban J connectivity index is 2.26. The van der Waals surface area contributed by atoms with E-state index in [-0.39, 0.29) is 16.3 Å². The van der Waals surface area contributed by atoms with Gasteiger partial charge in [-0.25, -0.2) is 17.9 Å². The first-order valence-electron chi connectivity index (χ1n) is 5.98. The van der Waals surface area contributed by atoms with E-state index in [4.69, 9.17) is 5.14 Å². The number of nitrogens with one attached hydrogen (secondary N) is 1. The van der Waals surface area contributed by atoms with Crippen LogP contribution in [0.5, 0.6) is 0 Å². The largest absolute Gasteiger partial charge is 0.322 e. The first-order chi connectivity index (χ1) is 9.77. The number of rotatable bonds is 3. The van der Waals surface area contributed by atoms with Crippen molar-refractivity contribution >= 4 is 21.6 Å². The fraction of sp³-hybridized carbons (Fsp3) is 0.0714. The van der Waals surface area contributed by atoms with Gasteiger partial charge in [0.25, 0.3) is 5.91 Å². The molecule has 0 aromatic heterocycles. The molecule has 2 rings (SSSR count). The SMILES string of the molecule is Cc1cc(NC(=O)c2cccc(S(N)(=O)=O)c2)ccc1F. The molecule has 0 bridgehead atoms. The summed E-state index contributed by atoms with van der Waals surface area (Å²) in [5, 5.41) is 7.58. The molecule has 1 amide bonds. The molecule has 7 heteroatoms. The fourth-order valence-corrected chi connectivity index (χ4v) is 2.30. The Morgan fingerprint density at radius 3 is 2.52 bits per heavy atom. The van der Waals surface area contributed by atoms with Crippen LogP contribution in [-0.2, 0) is 10.0 Å². The van der Waals surface area contributed by atoms with Crippen molar-refractivity contribution in [2.45, 2.75) is 11.8 Å². The molecule has 110 valence electrons. The Kier molecular flexibility index (Phi) is 4.06. The van der Waals surface area contributed by atoms with Gasteiger partial charge in [-0.15, -0.1) is 0 Å². The summed E-state index contributed by atoms with van der Waals surface area (Å²) in [6.07, 6.45) is 0. The summed E-state index contributed by atoms with van der Waals surface area (Å²) >= 11 is 0. The van der Waals surface area contributed by atoms with Crippen LogP contribution in [0.1, 0.15) is 15.9 Å². The van der Waals surface area contributed by atoms with Crippen LogP contribution in [0.4, 0.5) is 10.1 Å². The molecule has 0 aliphatic rings. The van der Waals surface area contributed by atoms with Crippen LogP contribution in [0.25, 0.3) is 0 Å². The maximum Gasteiger partial charge on any atom is 0.255 e. The molecule has 0 radical (unpaired) electrons. The average molecular weight is 308 g/mol. The van der Waals surface area contributed by atoms with E-state index in [0.717, 1.165) is 0 Å². The van der Waals surface area contributed by atoms with Gasteiger partial charge in [0.1, 0.15) is 5.82 Å². The third kappa shape index (κ3) is 3.65. The van der Waals surface area contributed by atoms with Crippen LogP contribution in [0, 0.1) is 12.7 Å². The number of amides is 1. The number of hydrogen-bond acceptors (Lipinski definition) is 3. The maximum absolute atomic E-state index is 13.1. The minimum absolute atomic E-state index is 0.142. The first-order valence-corrected chi connectivity index (χ1v) is 7.52. The van der Waals surface area contributed by atoms with E-state index in [2.05, 4.69) is 5.32 Å². The molecule has 0 aliphatic heterocycles. The number of halogens is 1. The van der Waals surface area contributed by atoms with Gasteiger partial charge in [-0.05, 0) is 48.9 Å². The number of primary sulfonamides is 1. The zero-order valence-corrected chi connectivity index (χ0v) is 11.9. The lowest BCUT2D eigenvalue weighted by molar-refractivity contribution is 0.102. The van der Waals surface area contributed by atoms with Gasteiger partial charge < -0.3 is 5.32 Å². The average Bonchev–Trinajstić information content (AvgIpc) is 2.42. The molecular formula is C14H13FN2O3S. The molecular weight excluding hydrogens is 295 g/mol. The molecule has 0 saturated carbocycles. The number of sulfonamides is 1. The van der Waals surface area contributed by atoms with Crippen LogP contribution < -0.4 is 10.5 Å². The van der Waals surface area contributed by atoms with Gasteiger partial charge in [-0.1, -0.05) is 6.07 Å². The third-order valence-corrected chi connectivity index (χ3v) is 3.75. The quantitative estimate of drug-likeness (QED) is 0.909. The zero-order chi connectivity index (χ0) is 15.6. The Labute approximate surface area is 121 Å². The minimum Gasteiger partial charge on any atom is -0.322 e. The smallest absolute Gasteiger partial charge is 0.255 e. The van der Waals surface area contributed by atoms with Crippen molar-refractivity contribution in [1.82, 2.24) is 0 Å². The highest BCUT2D eigenvalue weighted by Crippen LogP contribution is 2.16. The van der Waals surface area contributed by atoms with E-state index in [1.165, 1.54) is 42.5 Å². The zero-order valence-electron chi connectivity index (χ0n) is 11.1. The van der Waals surface area contributed by atoms with Gasteiger partial charge in [0.05, 0.1) is 4.90 Å². The summed E-state index contributed by atoms with van der Waals surface area (Å²) in [7, 11) is -3.87. The highest BCUT2D eigenvalue weighted by atomic mass is 32.2. The maximum atomic E-state index is 13.1. The summed E-state index contributed by atoms with van der Waals surface area (Å²) in [6, 6.07) is 9.51. The third-order valence-electron chi connectivity index (χ3n) is 2.84. The van der Waals surface area contributed by atoms with Gasteiger partial charge >= 0.3 is 0 Å². The molecule has 3 N–H and O–H groups in total. The molecule has 0 atom stereocenters. The van der Waals surface area contributed by atoms with Gasteiger partial charge in [-0.2, -0.15) is 0 Å². The Hall–Kier alpha value is -2.25. The van der Waals surface area contributed by atoms with Crippen LogP contribution in [0.3, 0.4) is 0 Å². The molecule has 0 aliphatic carbocycles. The molecule has 2 aromatic rings. The second-order valence-electron chi connectivity index (χ2n) is 4.49. The lowest BCUT2D eigenvalue weighted by Gasteiger charge is -2.07. The van der Waals surface area contributed by atoms with Crippen LogP contribution in [-0.4, -0.2) is 14.3 Å². The molecule has 0 unspecified atom stereocenters. The number of hydrogen-bond donors (Lipinski definition) is 2. The topological polar surface area (TPSA) is 89.3 Å². The summed E-state index contributed by atoms with van der Waals surface area (Å²) < 4.78 is 35.7. The highest BCUT2D eigenvalue weighted by molar-refractivity contribution is 7.89. The van der Waals surface area contributed by atoms with Gasteiger partial charge in [0.2, 0.25) is 10.0 Å². The highest BCUT2D eigenvalue weighted by Gasteiger charge is 2.12. The molecule has 21 heavy (non-hydrogen) atoms. The number of aryl methyl sites for hydroxylation is 1. The van der Waals surface area contributed by atoms with Gasteiger partial charge in [0.15, 0.2) is 0 Å². The Morgan fingerprint density at radius 1 is 1.19 bits per heavy atom. The van der Waals surface area contributed by atoms with E-state index in [9.17, 15) is 17.6 Å². The summed E-state index contributed by atoms with van der Waals surface area (Å²) in [6.45, 7) is 1.58. The second kappa shape index (κ2) is 5.63. The van der Waals surface area contributed by atoms with Crippen molar-refractivity contribution < 1.29 is 17.6 Å². The molecule has 0 heterocycles. The molecule has 0 spiro atoms. The van der Waals surface area contributed by atoms with E-state index in [1.807, 2.05) is 0 Å². The van der Waals surface area contributed by atoms with Crippen molar-refractivity contribution in [3.8, 4) is 0 Å². The minimum atomic E-state index is -3.87. The Morgan fingerprint density at radius 2 is 1.90 bits per heavy atom. The van der Waals surface area contributed by atoms with E-state index in [1.54, 1.807) is 6.92 Å². The lowest BCUT2D eigenvalue weighted by Crippen LogP contribution is -2.15. The van der Waals surface area contributed by atoms with Crippen molar-refractivity contribution in [3.63, 3.8) is 0 Å². The van der Waals surface area contributed by atoms with Crippen molar-refractivity contribution in [3.05, 3.63) is 59.4 Å². The normalized spacial score (nSPS) is 11.2. The van der Waals surface area contributed by atoms with Crippen molar-refractivity contribution in [2.24, 2.45) is 5.14 Å². The standard InChI is InChI=1S/C14H13FN2O3S/c1-9-7-11(5-6-13(9)15)17-14(18)10-3-2-4-12(8-10)21(16,19)20/h2-8H,1H3,(H,17,18)(H2,16,19,20). The summed E-state index contributed by atoms with van der Waals surface area (Å²) in [5.74, 6) is -0.879. The van der Waals surface area contributed by atoms with E-state index >= 15 is 0 Å². The number of nitrogens with two attached hydrogens (primary N) is 1. The molecule has 0 fully saturated rings. The predicted octanol–water partition coefficient (Wildman–Crippen LogP) is 2.03. The second-order valence-corrected chi connectivity index (χ2v) is 6.05. The summed E-state index contributed by atoms with van der Waals surface area (Å²) in [4.78, 5) is 11.9. The van der Waals surface area contributed by atoms with Crippen molar-refractivity contribution in [2.75, 3.05) is 5.32 Å². The van der Waals surface area contributed by atoms with E-state index in [0.29, 0.717) is 11.3 Å². The van der Waals surface area contributed by atoms with Gasteiger partial charge in [-0.3, -0.25) is 4.79 Å². The number of benzene rings is 2. The fourth-order valence-electron chi connectivity index (χ4n) is 1.74. The number of carbonyl (C=O) groups is 1. The van der Waals surface area contributed by atoms with E-state index < -0.39 is 15.9 Å². The number of anilines is 1. The number of carbonyl (C=O) groups excluding carboxylic acids is 1. The van der Waals surface area contributed by atoms with Crippen molar-refractivity contribution in [1.29, 1.82) is 0 Å². The Bertz CT molecular complexity index is 804. The monoisotopic (exact) mass is 308 g/mol. The lowest BCUT2D eigenvalue weighted by atomic mass is 10.2. The summed E-state index contributed by atoms with van der Waals surface area (Å²) in [5.41, 5.74) is 0.953. The predicted molar refractivity (Wildman–Crippen MR) is 76.9 cm³/mol. The molecule has 5 nitrogen and oxygen atoms in total. The van der Waals surface area contributed by atoms with Crippen LogP contribution in [0.15, 0.2) is 47.4 Å². The molecule has 2 aromatic carbocycles. The first kappa shape index (κ1) is 15.1. The van der Waals surface area contributed by atoms with Crippen LogP contribution in [0.2, 0.25) is 0 Å². The van der Waals surface area contributed by atoms with Crippen LogP contribution >= 0.6 is 0 Å². The molecule has 0 saturated heterocycles. The van der Waals surface area contributed by atoms with Gasteiger partial charge in [0, 0.05) is 11.3 Å².